The number of para-hydroxylation sites is 2. The van der Waals surface area contributed by atoms with E-state index in [4.69, 9.17) is 4.74 Å². The van der Waals surface area contributed by atoms with Gasteiger partial charge in [0.2, 0.25) is 0 Å². The Morgan fingerprint density at radius 1 is 1.26 bits per heavy atom. The molecule has 0 aliphatic carbocycles. The smallest absolute Gasteiger partial charge is 0.409 e. The van der Waals surface area contributed by atoms with Crippen LogP contribution < -0.4 is 5.69 Å². The number of methoxy groups -OCH3 is 1. The van der Waals surface area contributed by atoms with Crippen molar-refractivity contribution in [3.05, 3.63) is 34.7 Å². The van der Waals surface area contributed by atoms with Crippen molar-refractivity contribution < 1.29 is 9.53 Å². The maximum absolute atomic E-state index is 12.5. The van der Waals surface area contributed by atoms with E-state index in [1.165, 1.54) is 7.11 Å². The van der Waals surface area contributed by atoms with Gasteiger partial charge >= 0.3 is 11.8 Å². The Labute approximate surface area is 158 Å². The van der Waals surface area contributed by atoms with Crippen molar-refractivity contribution in [1.29, 1.82) is 0 Å². The third kappa shape index (κ3) is 3.48. The van der Waals surface area contributed by atoms with Crippen LogP contribution in [-0.4, -0.2) is 65.3 Å². The zero-order valence-electron chi connectivity index (χ0n) is 16.1. The van der Waals surface area contributed by atoms with Crippen molar-refractivity contribution in [3.8, 4) is 0 Å². The molecule has 4 rings (SSSR count). The quantitative estimate of drug-likeness (QED) is 0.898. The summed E-state index contributed by atoms with van der Waals surface area (Å²) in [5, 5.41) is 0. The average molecular weight is 372 g/mol. The van der Waals surface area contributed by atoms with E-state index in [0.29, 0.717) is 0 Å². The van der Waals surface area contributed by atoms with Gasteiger partial charge in [0.1, 0.15) is 0 Å². The third-order valence-corrected chi connectivity index (χ3v) is 6.25. The Bertz CT molecular complexity index is 879. The van der Waals surface area contributed by atoms with Crippen molar-refractivity contribution in [2.24, 2.45) is 5.41 Å². The number of fused-ring (bicyclic) bond motifs is 1. The number of carbonyl (C=O) groups is 1. The molecule has 0 unspecified atom stereocenters. The molecule has 2 aliphatic rings. The van der Waals surface area contributed by atoms with Crippen LogP contribution in [0.15, 0.2) is 29.1 Å². The van der Waals surface area contributed by atoms with Gasteiger partial charge in [-0.25, -0.2) is 9.59 Å². The minimum atomic E-state index is -0.225. The Kier molecular flexibility index (Phi) is 4.72. The predicted octanol–water partition coefficient (Wildman–Crippen LogP) is 2.44. The van der Waals surface area contributed by atoms with Gasteiger partial charge in [0.05, 0.1) is 24.2 Å². The molecule has 2 saturated heterocycles. The largest absolute Gasteiger partial charge is 0.453 e. The van der Waals surface area contributed by atoms with Gasteiger partial charge in [0, 0.05) is 32.7 Å². The van der Waals surface area contributed by atoms with Gasteiger partial charge < -0.3 is 19.5 Å². The van der Waals surface area contributed by atoms with Crippen LogP contribution in [0.4, 0.5) is 4.79 Å². The van der Waals surface area contributed by atoms with E-state index in [1.807, 2.05) is 28.8 Å². The van der Waals surface area contributed by atoms with E-state index in [2.05, 4.69) is 16.8 Å². The summed E-state index contributed by atoms with van der Waals surface area (Å²) >= 11 is 0. The van der Waals surface area contributed by atoms with Crippen LogP contribution in [0.5, 0.6) is 0 Å². The number of rotatable bonds is 3. The summed E-state index contributed by atoms with van der Waals surface area (Å²) < 4.78 is 6.76. The van der Waals surface area contributed by atoms with Gasteiger partial charge in [-0.1, -0.05) is 19.1 Å². The first-order valence-corrected chi connectivity index (χ1v) is 9.74. The highest BCUT2D eigenvalue weighted by molar-refractivity contribution is 5.75. The van der Waals surface area contributed by atoms with Crippen LogP contribution in [-0.2, 0) is 4.74 Å². The highest BCUT2D eigenvalue weighted by Crippen LogP contribution is 2.34. The van der Waals surface area contributed by atoms with Crippen molar-refractivity contribution in [2.75, 3.05) is 39.8 Å². The fourth-order valence-corrected chi connectivity index (χ4v) is 4.66. The Morgan fingerprint density at radius 2 is 2.00 bits per heavy atom. The lowest BCUT2D eigenvalue weighted by Gasteiger charge is -2.41. The summed E-state index contributed by atoms with van der Waals surface area (Å²) in [5.74, 6) is 0. The first-order valence-electron chi connectivity index (χ1n) is 9.74. The maximum atomic E-state index is 12.5. The number of aromatic amines is 1. The molecule has 0 bridgehead atoms. The molecular formula is C20H28N4O3. The lowest BCUT2D eigenvalue weighted by atomic mass is 9.80. The normalized spacial score (nSPS) is 23.0. The maximum Gasteiger partial charge on any atom is 0.409 e. The standard InChI is InChI=1S/C20H28N4O3/c1-20(8-11-23(12-9-20)19(26)27-2)14-22-10-7-15(13-22)24-17-6-4-3-5-16(17)21-18(24)25/h3-6,15H,7-14H2,1-2H3,(H,21,25)/t15-/m0/s1. The van der Waals surface area contributed by atoms with Gasteiger partial charge in [0.25, 0.3) is 0 Å². The number of hydrogen-bond acceptors (Lipinski definition) is 4. The van der Waals surface area contributed by atoms with Crippen LogP contribution in [0.25, 0.3) is 11.0 Å². The van der Waals surface area contributed by atoms with E-state index < -0.39 is 0 Å². The first-order chi connectivity index (χ1) is 13.0. The highest BCUT2D eigenvalue weighted by Gasteiger charge is 2.36. The fourth-order valence-electron chi connectivity index (χ4n) is 4.66. The number of amides is 1. The SMILES string of the molecule is COC(=O)N1CCC(C)(CN2CC[C@H](n3c(=O)[nH]c4ccccc43)C2)CC1. The lowest BCUT2D eigenvalue weighted by molar-refractivity contribution is 0.0673. The fraction of sp³-hybridized carbons (Fsp3) is 0.600. The van der Waals surface area contributed by atoms with Crippen molar-refractivity contribution in [2.45, 2.75) is 32.2 Å². The van der Waals surface area contributed by atoms with Crippen LogP contribution in [0, 0.1) is 5.41 Å². The zero-order chi connectivity index (χ0) is 19.0. The van der Waals surface area contributed by atoms with E-state index in [0.717, 1.165) is 63.0 Å². The molecule has 0 saturated carbocycles. The second kappa shape index (κ2) is 7.03. The molecular weight excluding hydrogens is 344 g/mol. The second-order valence-electron chi connectivity index (χ2n) is 8.26. The van der Waals surface area contributed by atoms with E-state index in [1.54, 1.807) is 4.90 Å². The number of benzene rings is 1. The van der Waals surface area contributed by atoms with Gasteiger partial charge in [-0.15, -0.1) is 0 Å². The average Bonchev–Trinajstić information content (AvgIpc) is 3.24. The Hall–Kier alpha value is -2.28. The van der Waals surface area contributed by atoms with Crippen molar-refractivity contribution in [3.63, 3.8) is 0 Å². The second-order valence-corrected chi connectivity index (χ2v) is 8.26. The molecule has 2 fully saturated rings. The van der Waals surface area contributed by atoms with Gasteiger partial charge in [0.15, 0.2) is 0 Å². The molecule has 1 aromatic carbocycles. The minimum Gasteiger partial charge on any atom is -0.453 e. The molecule has 2 aliphatic heterocycles. The number of H-pyrrole nitrogens is 1. The van der Waals surface area contributed by atoms with E-state index in [9.17, 15) is 9.59 Å². The monoisotopic (exact) mass is 372 g/mol. The number of nitrogens with zero attached hydrogens (tertiary/aromatic N) is 3. The number of carbonyl (C=O) groups excluding carboxylic acids is 1. The Morgan fingerprint density at radius 3 is 2.74 bits per heavy atom. The summed E-state index contributed by atoms with van der Waals surface area (Å²) in [6, 6.07) is 8.11. The topological polar surface area (TPSA) is 70.6 Å². The predicted molar refractivity (Wildman–Crippen MR) is 104 cm³/mol. The number of imidazole rings is 1. The Balaban J connectivity index is 1.41. The van der Waals surface area contributed by atoms with E-state index >= 15 is 0 Å². The van der Waals surface area contributed by atoms with Crippen molar-refractivity contribution >= 4 is 17.1 Å². The molecule has 2 aromatic rings. The van der Waals surface area contributed by atoms with Crippen LogP contribution in [0.1, 0.15) is 32.2 Å². The number of hydrogen-bond donors (Lipinski definition) is 1. The van der Waals surface area contributed by atoms with Gasteiger partial charge in [-0.3, -0.25) is 4.57 Å². The molecule has 3 heterocycles. The van der Waals surface area contributed by atoms with Crippen LogP contribution >= 0.6 is 0 Å². The van der Waals surface area contributed by atoms with Crippen LogP contribution in [0.2, 0.25) is 0 Å². The van der Waals surface area contributed by atoms with Crippen molar-refractivity contribution in [1.82, 2.24) is 19.4 Å². The van der Waals surface area contributed by atoms with Crippen LogP contribution in [0.3, 0.4) is 0 Å². The molecule has 1 amide bonds. The van der Waals surface area contributed by atoms with Gasteiger partial charge in [-0.05, 0) is 36.8 Å². The number of likely N-dealkylation sites (tertiary alicyclic amines) is 2. The minimum absolute atomic E-state index is 0.0133. The zero-order valence-corrected chi connectivity index (χ0v) is 16.1. The first kappa shape index (κ1) is 18.1. The summed E-state index contributed by atoms with van der Waals surface area (Å²) in [4.78, 5) is 31.4. The molecule has 1 aromatic heterocycles. The molecule has 1 atom stereocenters. The molecule has 27 heavy (non-hydrogen) atoms. The summed E-state index contributed by atoms with van der Waals surface area (Å²) in [6.07, 6.45) is 2.73. The summed E-state index contributed by atoms with van der Waals surface area (Å²) in [6.45, 7) is 6.73. The molecule has 7 heteroatoms. The third-order valence-electron chi connectivity index (χ3n) is 6.25. The summed E-state index contributed by atoms with van der Waals surface area (Å²) in [5.41, 5.74) is 2.08. The number of ether oxygens (including phenoxy) is 1. The number of piperidine rings is 1. The van der Waals surface area contributed by atoms with Gasteiger partial charge in [-0.2, -0.15) is 0 Å². The lowest BCUT2D eigenvalue weighted by Crippen LogP contribution is -2.46. The molecule has 146 valence electrons. The highest BCUT2D eigenvalue weighted by atomic mass is 16.5. The molecule has 1 N–H and O–H groups in total. The molecule has 0 spiro atoms. The number of nitrogens with one attached hydrogen (secondary N) is 1. The summed E-state index contributed by atoms with van der Waals surface area (Å²) in [7, 11) is 1.44. The molecule has 0 radical (unpaired) electrons. The van der Waals surface area contributed by atoms with E-state index in [-0.39, 0.29) is 23.2 Å². The number of aromatic nitrogens is 2. The molecule has 7 nitrogen and oxygen atoms in total.